The van der Waals surface area contributed by atoms with Gasteiger partial charge in [0.2, 0.25) is 0 Å². The molecule has 94 valence electrons. The molecule has 3 N–H and O–H groups in total. The number of ether oxygens (including phenoxy) is 1. The van der Waals surface area contributed by atoms with Gasteiger partial charge in [0.1, 0.15) is 0 Å². The highest BCUT2D eigenvalue weighted by Crippen LogP contribution is 2.18. The molecule has 0 saturated carbocycles. The Morgan fingerprint density at radius 1 is 1.59 bits per heavy atom. The summed E-state index contributed by atoms with van der Waals surface area (Å²) in [6, 6.07) is 4.87. The van der Waals surface area contributed by atoms with Crippen LogP contribution in [0.15, 0.2) is 18.2 Å². The van der Waals surface area contributed by atoms with Crippen molar-refractivity contribution >= 4 is 23.2 Å². The largest absolute Gasteiger partial charge is 0.398 e. The van der Waals surface area contributed by atoms with Crippen LogP contribution in [0.25, 0.3) is 0 Å². The Hall–Kier alpha value is -1.26. The second-order valence-corrected chi connectivity index (χ2v) is 4.32. The summed E-state index contributed by atoms with van der Waals surface area (Å²) in [7, 11) is 1.63. The number of hydrogen-bond donors (Lipinski definition) is 2. The molecule has 1 aromatic carbocycles. The van der Waals surface area contributed by atoms with E-state index in [0.29, 0.717) is 22.9 Å². The number of amides is 1. The number of halogens is 1. The molecule has 1 amide bonds. The van der Waals surface area contributed by atoms with E-state index in [2.05, 4.69) is 5.32 Å². The zero-order valence-corrected chi connectivity index (χ0v) is 10.8. The lowest BCUT2D eigenvalue weighted by Gasteiger charge is -2.14. The number of anilines is 1. The van der Waals surface area contributed by atoms with Crippen molar-refractivity contribution in [1.29, 1.82) is 0 Å². The van der Waals surface area contributed by atoms with Crippen molar-refractivity contribution in [3.8, 4) is 0 Å². The van der Waals surface area contributed by atoms with Gasteiger partial charge in [0, 0.05) is 30.5 Å². The van der Waals surface area contributed by atoms with E-state index in [-0.39, 0.29) is 11.9 Å². The molecule has 17 heavy (non-hydrogen) atoms. The average Bonchev–Trinajstić information content (AvgIpc) is 2.26. The SMILES string of the molecule is COCCC(C)NC(=O)c1ccc(Cl)cc1N. The van der Waals surface area contributed by atoms with Crippen LogP contribution < -0.4 is 11.1 Å². The minimum atomic E-state index is -0.192. The third-order valence-corrected chi connectivity index (χ3v) is 2.63. The molecule has 0 radical (unpaired) electrons. The number of nitrogen functional groups attached to an aromatic ring is 1. The van der Waals surface area contributed by atoms with Crippen molar-refractivity contribution < 1.29 is 9.53 Å². The van der Waals surface area contributed by atoms with Crippen molar-refractivity contribution in [1.82, 2.24) is 5.32 Å². The molecule has 0 aliphatic rings. The predicted octanol–water partition coefficient (Wildman–Crippen LogP) is 2.08. The summed E-state index contributed by atoms with van der Waals surface area (Å²) in [5.74, 6) is -0.192. The zero-order chi connectivity index (χ0) is 12.8. The van der Waals surface area contributed by atoms with E-state index in [9.17, 15) is 4.79 Å². The quantitative estimate of drug-likeness (QED) is 0.793. The predicted molar refractivity (Wildman–Crippen MR) is 69.3 cm³/mol. The number of rotatable bonds is 5. The van der Waals surface area contributed by atoms with Crippen LogP contribution >= 0.6 is 11.6 Å². The van der Waals surface area contributed by atoms with E-state index in [4.69, 9.17) is 22.1 Å². The van der Waals surface area contributed by atoms with Crippen LogP contribution in [0.3, 0.4) is 0 Å². The lowest BCUT2D eigenvalue weighted by atomic mass is 10.1. The molecule has 0 saturated heterocycles. The molecule has 0 bridgehead atoms. The summed E-state index contributed by atoms with van der Waals surface area (Å²) in [6.07, 6.45) is 0.760. The Morgan fingerprint density at radius 3 is 2.88 bits per heavy atom. The zero-order valence-electron chi connectivity index (χ0n) is 10.00. The molecule has 0 aromatic heterocycles. The average molecular weight is 257 g/mol. The van der Waals surface area contributed by atoms with Crippen LogP contribution in [0.4, 0.5) is 5.69 Å². The summed E-state index contributed by atoms with van der Waals surface area (Å²) in [5.41, 5.74) is 6.55. The van der Waals surface area contributed by atoms with Crippen molar-refractivity contribution in [2.75, 3.05) is 19.5 Å². The number of carbonyl (C=O) groups excluding carboxylic acids is 1. The highest BCUT2D eigenvalue weighted by Gasteiger charge is 2.12. The summed E-state index contributed by atoms with van der Waals surface area (Å²) >= 11 is 5.77. The number of nitrogens with one attached hydrogen (secondary N) is 1. The van der Waals surface area contributed by atoms with Crippen LogP contribution in [0.1, 0.15) is 23.7 Å². The standard InChI is InChI=1S/C12H17ClN2O2/c1-8(5-6-17-2)15-12(16)10-4-3-9(13)7-11(10)14/h3-4,7-8H,5-6,14H2,1-2H3,(H,15,16). The lowest BCUT2D eigenvalue weighted by Crippen LogP contribution is -2.33. The Morgan fingerprint density at radius 2 is 2.29 bits per heavy atom. The summed E-state index contributed by atoms with van der Waals surface area (Å²) in [6.45, 7) is 2.53. The fraction of sp³-hybridized carbons (Fsp3) is 0.417. The molecule has 0 fully saturated rings. The first-order chi connectivity index (χ1) is 8.04. The second kappa shape index (κ2) is 6.47. The van der Waals surface area contributed by atoms with Crippen LogP contribution in [0, 0.1) is 0 Å². The third kappa shape index (κ3) is 4.24. The minimum absolute atomic E-state index is 0.0394. The first-order valence-corrected chi connectivity index (χ1v) is 5.77. The first-order valence-electron chi connectivity index (χ1n) is 5.39. The van der Waals surface area contributed by atoms with Crippen molar-refractivity contribution in [3.05, 3.63) is 28.8 Å². The summed E-state index contributed by atoms with van der Waals surface area (Å²) in [4.78, 5) is 11.9. The Bertz CT molecular complexity index is 396. The maximum atomic E-state index is 11.9. The van der Waals surface area contributed by atoms with Crippen LogP contribution in [0.5, 0.6) is 0 Å². The van der Waals surface area contributed by atoms with Crippen molar-refractivity contribution in [2.24, 2.45) is 0 Å². The maximum absolute atomic E-state index is 11.9. The van der Waals surface area contributed by atoms with Crippen molar-refractivity contribution in [2.45, 2.75) is 19.4 Å². The van der Waals surface area contributed by atoms with Gasteiger partial charge in [0.15, 0.2) is 0 Å². The minimum Gasteiger partial charge on any atom is -0.398 e. The van der Waals surface area contributed by atoms with E-state index >= 15 is 0 Å². The number of nitrogens with two attached hydrogens (primary N) is 1. The highest BCUT2D eigenvalue weighted by molar-refractivity contribution is 6.31. The molecule has 0 spiro atoms. The highest BCUT2D eigenvalue weighted by atomic mass is 35.5. The van der Waals surface area contributed by atoms with Gasteiger partial charge in [-0.3, -0.25) is 4.79 Å². The summed E-state index contributed by atoms with van der Waals surface area (Å²) in [5, 5.41) is 3.37. The number of benzene rings is 1. The topological polar surface area (TPSA) is 64.3 Å². The third-order valence-electron chi connectivity index (χ3n) is 2.39. The van der Waals surface area contributed by atoms with Crippen LogP contribution in [-0.4, -0.2) is 25.7 Å². The molecule has 0 aliphatic carbocycles. The summed E-state index contributed by atoms with van der Waals surface area (Å²) < 4.78 is 4.95. The number of hydrogen-bond acceptors (Lipinski definition) is 3. The van der Waals surface area contributed by atoms with E-state index in [1.54, 1.807) is 25.3 Å². The van der Waals surface area contributed by atoms with Crippen LogP contribution in [-0.2, 0) is 4.74 Å². The van der Waals surface area contributed by atoms with E-state index in [0.717, 1.165) is 6.42 Å². The molecule has 0 heterocycles. The Kier molecular flexibility index (Phi) is 5.25. The first kappa shape index (κ1) is 13.8. The van der Waals surface area contributed by atoms with Gasteiger partial charge in [0.05, 0.1) is 5.56 Å². The molecule has 5 heteroatoms. The fourth-order valence-electron chi connectivity index (χ4n) is 1.41. The van der Waals surface area contributed by atoms with Gasteiger partial charge in [-0.15, -0.1) is 0 Å². The molecular weight excluding hydrogens is 240 g/mol. The maximum Gasteiger partial charge on any atom is 0.253 e. The van der Waals surface area contributed by atoms with Gasteiger partial charge in [-0.25, -0.2) is 0 Å². The van der Waals surface area contributed by atoms with Gasteiger partial charge in [-0.05, 0) is 31.5 Å². The van der Waals surface area contributed by atoms with Gasteiger partial charge in [0.25, 0.3) is 5.91 Å². The van der Waals surface area contributed by atoms with Gasteiger partial charge in [-0.2, -0.15) is 0 Å². The lowest BCUT2D eigenvalue weighted by molar-refractivity contribution is 0.0930. The second-order valence-electron chi connectivity index (χ2n) is 3.89. The van der Waals surface area contributed by atoms with Crippen LogP contribution in [0.2, 0.25) is 5.02 Å². The Balaban J connectivity index is 2.63. The molecule has 1 rings (SSSR count). The normalized spacial score (nSPS) is 12.2. The molecule has 0 aliphatic heterocycles. The fourth-order valence-corrected chi connectivity index (χ4v) is 1.59. The van der Waals surface area contributed by atoms with Crippen molar-refractivity contribution in [3.63, 3.8) is 0 Å². The molecule has 1 unspecified atom stereocenters. The smallest absolute Gasteiger partial charge is 0.253 e. The van der Waals surface area contributed by atoms with E-state index in [1.807, 2.05) is 6.92 Å². The van der Waals surface area contributed by atoms with Gasteiger partial charge < -0.3 is 15.8 Å². The monoisotopic (exact) mass is 256 g/mol. The number of carbonyl (C=O) groups is 1. The molecule has 1 atom stereocenters. The van der Waals surface area contributed by atoms with Gasteiger partial charge in [-0.1, -0.05) is 11.6 Å². The van der Waals surface area contributed by atoms with E-state index < -0.39 is 0 Å². The molecule has 4 nitrogen and oxygen atoms in total. The Labute approximate surface area is 106 Å². The van der Waals surface area contributed by atoms with E-state index in [1.165, 1.54) is 0 Å². The molecule has 1 aromatic rings. The number of methoxy groups -OCH3 is 1. The molecular formula is C12H17ClN2O2. The van der Waals surface area contributed by atoms with Gasteiger partial charge >= 0.3 is 0 Å².